The summed E-state index contributed by atoms with van der Waals surface area (Å²) in [5, 5.41) is 2.87. The number of hydrogen-bond donors (Lipinski definition) is 1. The zero-order valence-corrected chi connectivity index (χ0v) is 18.4. The van der Waals surface area contributed by atoms with Crippen LogP contribution in [0.25, 0.3) is 0 Å². The van der Waals surface area contributed by atoms with Crippen molar-refractivity contribution in [2.24, 2.45) is 0 Å². The lowest BCUT2D eigenvalue weighted by Crippen LogP contribution is -2.26. The highest BCUT2D eigenvalue weighted by molar-refractivity contribution is 7.99. The van der Waals surface area contributed by atoms with Gasteiger partial charge in [0.15, 0.2) is 9.84 Å². The Bertz CT molecular complexity index is 1180. The highest BCUT2D eigenvalue weighted by Gasteiger charge is 2.23. The van der Waals surface area contributed by atoms with Crippen LogP contribution in [0.15, 0.2) is 81.4 Å². The molecule has 0 unspecified atom stereocenters. The second kappa shape index (κ2) is 8.16. The Morgan fingerprint density at radius 2 is 1.57 bits per heavy atom. The van der Waals surface area contributed by atoms with E-state index in [0.717, 1.165) is 33.0 Å². The second-order valence-corrected chi connectivity index (χ2v) is 10.3. The summed E-state index contributed by atoms with van der Waals surface area (Å²) >= 11 is 1.73. The van der Waals surface area contributed by atoms with Crippen LogP contribution in [-0.2, 0) is 14.6 Å². The molecule has 30 heavy (non-hydrogen) atoms. The number of sulfone groups is 1. The molecule has 0 fully saturated rings. The Morgan fingerprint density at radius 1 is 0.967 bits per heavy atom. The summed E-state index contributed by atoms with van der Waals surface area (Å²) in [5.74, 6) is -0.156. The van der Waals surface area contributed by atoms with Crippen LogP contribution < -0.4 is 10.2 Å². The summed E-state index contributed by atoms with van der Waals surface area (Å²) in [6.07, 6.45) is 1.43. The van der Waals surface area contributed by atoms with Crippen molar-refractivity contribution in [3.63, 3.8) is 0 Å². The molecule has 1 aliphatic rings. The lowest BCUT2D eigenvalue weighted by Gasteiger charge is -2.32. The van der Waals surface area contributed by atoms with Crippen molar-refractivity contribution in [1.82, 2.24) is 0 Å². The van der Waals surface area contributed by atoms with Gasteiger partial charge in [0.05, 0.1) is 16.3 Å². The maximum Gasteiger partial charge on any atom is 0.226 e. The first kappa shape index (κ1) is 20.5. The number of rotatable bonds is 5. The number of benzene rings is 3. The lowest BCUT2D eigenvalue weighted by molar-refractivity contribution is -0.116. The molecule has 0 aromatic heterocycles. The molecule has 1 aliphatic heterocycles. The van der Waals surface area contributed by atoms with Gasteiger partial charge in [0, 0.05) is 34.7 Å². The molecule has 0 spiro atoms. The van der Waals surface area contributed by atoms with E-state index in [-0.39, 0.29) is 17.2 Å². The molecule has 1 heterocycles. The van der Waals surface area contributed by atoms with E-state index in [2.05, 4.69) is 34.5 Å². The molecule has 5 nitrogen and oxygen atoms in total. The first-order valence-electron chi connectivity index (χ1n) is 9.57. The minimum Gasteiger partial charge on any atom is -0.339 e. The van der Waals surface area contributed by atoms with E-state index in [9.17, 15) is 13.2 Å². The van der Waals surface area contributed by atoms with Crippen LogP contribution in [-0.4, -0.2) is 27.1 Å². The molecule has 7 heteroatoms. The van der Waals surface area contributed by atoms with Crippen molar-refractivity contribution in [1.29, 1.82) is 0 Å². The first-order valence-corrected chi connectivity index (χ1v) is 12.3. The van der Waals surface area contributed by atoms with Crippen molar-refractivity contribution in [3.05, 3.63) is 72.3 Å². The highest BCUT2D eigenvalue weighted by atomic mass is 32.2. The number of anilines is 3. The first-order chi connectivity index (χ1) is 14.3. The molecule has 3 aromatic rings. The van der Waals surface area contributed by atoms with Crippen LogP contribution in [0.2, 0.25) is 0 Å². The molecule has 0 bridgehead atoms. The van der Waals surface area contributed by atoms with Gasteiger partial charge in [0.2, 0.25) is 5.91 Å². The van der Waals surface area contributed by atoms with Gasteiger partial charge in [-0.2, -0.15) is 0 Å². The highest BCUT2D eigenvalue weighted by Crippen LogP contribution is 2.47. The van der Waals surface area contributed by atoms with Gasteiger partial charge in [0.1, 0.15) is 0 Å². The van der Waals surface area contributed by atoms with E-state index in [0.29, 0.717) is 12.2 Å². The smallest absolute Gasteiger partial charge is 0.226 e. The summed E-state index contributed by atoms with van der Waals surface area (Å²) in [5.41, 5.74) is 3.52. The molecule has 1 amide bonds. The molecular weight excluding hydrogens is 416 g/mol. The van der Waals surface area contributed by atoms with Crippen LogP contribution in [0, 0.1) is 6.92 Å². The number of nitrogens with zero attached hydrogens (tertiary/aromatic N) is 1. The van der Waals surface area contributed by atoms with Gasteiger partial charge in [0.25, 0.3) is 0 Å². The van der Waals surface area contributed by atoms with Gasteiger partial charge in [-0.15, -0.1) is 0 Å². The number of carbonyl (C=O) groups excluding carboxylic acids is 1. The zero-order valence-electron chi connectivity index (χ0n) is 16.8. The SMILES string of the molecule is Cc1ccc(S(C)(=O)=O)cc1NC(=O)CCN1c2ccccc2Sc2ccccc21. The number of nitrogens with one attached hydrogen (secondary N) is 1. The Balaban J connectivity index is 1.53. The molecule has 0 saturated carbocycles. The normalized spacial score (nSPS) is 12.8. The zero-order chi connectivity index (χ0) is 21.3. The number of carbonyl (C=O) groups is 1. The van der Waals surface area contributed by atoms with Crippen molar-refractivity contribution in [2.75, 3.05) is 23.0 Å². The molecule has 1 N–H and O–H groups in total. The van der Waals surface area contributed by atoms with E-state index in [1.807, 2.05) is 31.2 Å². The number of hydrogen-bond acceptors (Lipinski definition) is 5. The molecule has 154 valence electrons. The quantitative estimate of drug-likeness (QED) is 0.605. The molecule has 0 radical (unpaired) electrons. The third-order valence-electron chi connectivity index (χ3n) is 5.01. The van der Waals surface area contributed by atoms with Gasteiger partial charge >= 0.3 is 0 Å². The fourth-order valence-electron chi connectivity index (χ4n) is 3.41. The summed E-state index contributed by atoms with van der Waals surface area (Å²) in [6, 6.07) is 21.1. The van der Waals surface area contributed by atoms with Crippen LogP contribution in [0.1, 0.15) is 12.0 Å². The third-order valence-corrected chi connectivity index (χ3v) is 7.25. The predicted molar refractivity (Wildman–Crippen MR) is 122 cm³/mol. The van der Waals surface area contributed by atoms with E-state index >= 15 is 0 Å². The Kier molecular flexibility index (Phi) is 5.58. The fraction of sp³-hybridized carbons (Fsp3) is 0.174. The summed E-state index contributed by atoms with van der Waals surface area (Å²) < 4.78 is 23.7. The van der Waals surface area contributed by atoms with E-state index in [1.54, 1.807) is 23.9 Å². The van der Waals surface area contributed by atoms with Crippen molar-refractivity contribution in [3.8, 4) is 0 Å². The van der Waals surface area contributed by atoms with Gasteiger partial charge in [-0.3, -0.25) is 4.79 Å². The number of aryl methyl sites for hydroxylation is 1. The minimum absolute atomic E-state index is 0.156. The van der Waals surface area contributed by atoms with E-state index in [4.69, 9.17) is 0 Å². The summed E-state index contributed by atoms with van der Waals surface area (Å²) in [6.45, 7) is 2.36. The van der Waals surface area contributed by atoms with Gasteiger partial charge in [-0.05, 0) is 48.9 Å². The Hall–Kier alpha value is -2.77. The van der Waals surface area contributed by atoms with E-state index in [1.165, 1.54) is 6.07 Å². The maximum absolute atomic E-state index is 12.7. The minimum atomic E-state index is -3.34. The molecule has 0 saturated heterocycles. The largest absolute Gasteiger partial charge is 0.339 e. The number of amides is 1. The molecule has 0 aliphatic carbocycles. The third kappa shape index (κ3) is 4.22. The van der Waals surface area contributed by atoms with Crippen molar-refractivity contribution in [2.45, 2.75) is 28.0 Å². The number of fused-ring (bicyclic) bond motifs is 2. The van der Waals surface area contributed by atoms with Crippen LogP contribution in [0.3, 0.4) is 0 Å². The molecule has 3 aromatic carbocycles. The molecular formula is C23H22N2O3S2. The monoisotopic (exact) mass is 438 g/mol. The molecule has 4 rings (SSSR count). The topological polar surface area (TPSA) is 66.5 Å². The average Bonchev–Trinajstić information content (AvgIpc) is 2.72. The fourth-order valence-corrected chi connectivity index (χ4v) is 5.16. The second-order valence-electron chi connectivity index (χ2n) is 7.24. The van der Waals surface area contributed by atoms with Crippen LogP contribution >= 0.6 is 11.8 Å². The van der Waals surface area contributed by atoms with Crippen molar-refractivity contribution >= 4 is 44.6 Å². The average molecular weight is 439 g/mol. The van der Waals surface area contributed by atoms with Gasteiger partial charge in [-0.25, -0.2) is 8.42 Å². The summed E-state index contributed by atoms with van der Waals surface area (Å²) in [4.78, 5) is 17.4. The Labute approximate surface area is 181 Å². The Morgan fingerprint density at radius 3 is 2.17 bits per heavy atom. The van der Waals surface area contributed by atoms with Crippen molar-refractivity contribution < 1.29 is 13.2 Å². The van der Waals surface area contributed by atoms with E-state index < -0.39 is 9.84 Å². The van der Waals surface area contributed by atoms with Gasteiger partial charge < -0.3 is 10.2 Å². The summed E-state index contributed by atoms with van der Waals surface area (Å²) in [7, 11) is -3.34. The number of para-hydroxylation sites is 2. The van der Waals surface area contributed by atoms with Gasteiger partial charge in [-0.1, -0.05) is 42.1 Å². The predicted octanol–water partition coefficient (Wildman–Crippen LogP) is 5.03. The van der Waals surface area contributed by atoms with Crippen LogP contribution in [0.4, 0.5) is 17.1 Å². The van der Waals surface area contributed by atoms with Crippen LogP contribution in [0.5, 0.6) is 0 Å². The maximum atomic E-state index is 12.7. The molecule has 0 atom stereocenters. The lowest BCUT2D eigenvalue weighted by atomic mass is 10.2. The standard InChI is InChI=1S/C23H22N2O3S2/c1-16-11-12-17(30(2,27)28)15-18(16)24-23(26)13-14-25-19-7-3-5-9-21(19)29-22-10-6-4-8-20(22)25/h3-12,15H,13-14H2,1-2H3,(H,24,26).